The lowest BCUT2D eigenvalue weighted by atomic mass is 10.1. The minimum absolute atomic E-state index is 0.134. The van der Waals surface area contributed by atoms with Gasteiger partial charge in [-0.15, -0.1) is 11.3 Å². The third-order valence-electron chi connectivity index (χ3n) is 5.08. The van der Waals surface area contributed by atoms with Gasteiger partial charge in [-0.1, -0.05) is 44.2 Å². The highest BCUT2D eigenvalue weighted by Crippen LogP contribution is 2.27. The van der Waals surface area contributed by atoms with Crippen LogP contribution >= 0.6 is 11.3 Å². The summed E-state index contributed by atoms with van der Waals surface area (Å²) in [5.41, 5.74) is 2.87. The van der Waals surface area contributed by atoms with Crippen LogP contribution in [0.15, 0.2) is 48.5 Å². The number of rotatable bonds is 9. The van der Waals surface area contributed by atoms with Gasteiger partial charge in [-0.3, -0.25) is 4.79 Å². The molecule has 0 aliphatic rings. The number of carbonyl (C=O) groups is 1. The van der Waals surface area contributed by atoms with E-state index in [0.29, 0.717) is 24.2 Å². The Morgan fingerprint density at radius 3 is 2.66 bits per heavy atom. The number of aromatic amines is 1. The van der Waals surface area contributed by atoms with Crippen molar-refractivity contribution in [1.82, 2.24) is 25.6 Å². The van der Waals surface area contributed by atoms with Crippen molar-refractivity contribution in [2.24, 2.45) is 0 Å². The first-order chi connectivity index (χ1) is 15.5. The summed E-state index contributed by atoms with van der Waals surface area (Å²) in [6.07, 6.45) is 0.714. The second-order valence-electron chi connectivity index (χ2n) is 7.88. The molecule has 1 amide bonds. The highest BCUT2D eigenvalue weighted by atomic mass is 32.1. The van der Waals surface area contributed by atoms with Crippen LogP contribution in [0.5, 0.6) is 0 Å². The highest BCUT2D eigenvalue weighted by molar-refractivity contribution is 7.12. The highest BCUT2D eigenvalue weighted by Gasteiger charge is 2.20. The third-order valence-corrected chi connectivity index (χ3v) is 6.50. The summed E-state index contributed by atoms with van der Waals surface area (Å²) in [5.74, 6) is 0.474. The lowest BCUT2D eigenvalue weighted by Gasteiger charge is -2.07. The number of nitrogens with one attached hydrogen (secondary N) is 3. The number of hydrogen-bond acceptors (Lipinski definition) is 5. The molecule has 0 saturated heterocycles. The molecule has 4 rings (SSSR count). The van der Waals surface area contributed by atoms with Gasteiger partial charge in [0.25, 0.3) is 5.91 Å². The van der Waals surface area contributed by atoms with Crippen LogP contribution in [-0.2, 0) is 19.5 Å². The summed E-state index contributed by atoms with van der Waals surface area (Å²) in [6.45, 7) is 5.58. The smallest absolute Gasteiger partial charge is 0.271 e. The van der Waals surface area contributed by atoms with Gasteiger partial charge in [-0.2, -0.15) is 0 Å². The van der Waals surface area contributed by atoms with Gasteiger partial charge in [0.2, 0.25) is 0 Å². The van der Waals surface area contributed by atoms with Gasteiger partial charge < -0.3 is 15.6 Å². The number of imidazole rings is 1. The molecule has 2 aromatic carbocycles. The maximum absolute atomic E-state index is 13.8. The molecule has 0 atom stereocenters. The van der Waals surface area contributed by atoms with Crippen molar-refractivity contribution in [3.8, 4) is 0 Å². The number of benzene rings is 2. The van der Waals surface area contributed by atoms with E-state index in [1.807, 2.05) is 38.1 Å². The fourth-order valence-electron chi connectivity index (χ4n) is 3.43. The largest absolute Gasteiger partial charge is 0.346 e. The minimum Gasteiger partial charge on any atom is -0.346 e. The van der Waals surface area contributed by atoms with Crippen molar-refractivity contribution < 1.29 is 9.18 Å². The number of nitrogens with zero attached hydrogens (tertiary/aromatic N) is 2. The average molecular weight is 452 g/mol. The zero-order valence-electron chi connectivity index (χ0n) is 18.1. The molecule has 0 aliphatic heterocycles. The molecular formula is C24H26FN5OS. The molecule has 3 N–H and O–H groups in total. The zero-order valence-corrected chi connectivity index (χ0v) is 18.9. The summed E-state index contributed by atoms with van der Waals surface area (Å²) >= 11 is 1.56. The van der Waals surface area contributed by atoms with Gasteiger partial charge >= 0.3 is 0 Å². The average Bonchev–Trinajstić information content (AvgIpc) is 3.40. The number of amides is 1. The Labute approximate surface area is 190 Å². The van der Waals surface area contributed by atoms with E-state index in [-0.39, 0.29) is 24.2 Å². The van der Waals surface area contributed by atoms with Crippen molar-refractivity contribution in [3.63, 3.8) is 0 Å². The van der Waals surface area contributed by atoms with Crippen molar-refractivity contribution in [2.45, 2.75) is 39.3 Å². The molecule has 6 nitrogen and oxygen atoms in total. The molecule has 8 heteroatoms. The Hall–Kier alpha value is -3.10. The Morgan fingerprint density at radius 2 is 1.88 bits per heavy atom. The second kappa shape index (κ2) is 10.0. The van der Waals surface area contributed by atoms with E-state index in [1.165, 1.54) is 6.07 Å². The van der Waals surface area contributed by atoms with Crippen molar-refractivity contribution >= 4 is 28.3 Å². The van der Waals surface area contributed by atoms with Crippen LogP contribution in [0.25, 0.3) is 11.0 Å². The number of para-hydroxylation sites is 2. The Morgan fingerprint density at radius 1 is 1.09 bits per heavy atom. The van der Waals surface area contributed by atoms with Crippen LogP contribution in [0.3, 0.4) is 0 Å². The van der Waals surface area contributed by atoms with E-state index in [0.717, 1.165) is 33.3 Å². The number of fused-ring (bicyclic) bond motifs is 1. The SMILES string of the molecule is CC(C)c1sc(CCNCc2nc3ccccc3[nH]2)nc1C(=O)NCc1ccccc1F. The Kier molecular flexibility index (Phi) is 6.92. The Balaban J connectivity index is 1.34. The molecule has 166 valence electrons. The number of hydrogen-bond donors (Lipinski definition) is 3. The lowest BCUT2D eigenvalue weighted by molar-refractivity contribution is 0.0945. The van der Waals surface area contributed by atoms with E-state index in [1.54, 1.807) is 29.5 Å². The standard InChI is InChI=1S/C24H26FN5OS/c1-15(2)23-22(24(31)27-13-16-7-3-4-8-17(16)25)30-21(32-23)11-12-26-14-20-28-18-9-5-6-10-19(18)29-20/h3-10,15,26H,11-14H2,1-2H3,(H,27,31)(H,28,29). The van der Waals surface area contributed by atoms with Crippen LogP contribution in [0, 0.1) is 5.82 Å². The molecule has 2 aromatic heterocycles. The van der Waals surface area contributed by atoms with Crippen LogP contribution in [-0.4, -0.2) is 27.4 Å². The van der Waals surface area contributed by atoms with E-state index in [4.69, 9.17) is 0 Å². The molecule has 0 radical (unpaired) electrons. The predicted octanol–water partition coefficient (Wildman–Crippen LogP) is 4.54. The van der Waals surface area contributed by atoms with E-state index < -0.39 is 0 Å². The van der Waals surface area contributed by atoms with Crippen molar-refractivity contribution in [2.75, 3.05) is 6.54 Å². The Bertz CT molecular complexity index is 1180. The molecule has 0 aliphatic carbocycles. The van der Waals surface area contributed by atoms with Gasteiger partial charge in [-0.25, -0.2) is 14.4 Å². The van der Waals surface area contributed by atoms with Gasteiger partial charge in [0.15, 0.2) is 0 Å². The summed E-state index contributed by atoms with van der Waals surface area (Å²) in [6, 6.07) is 14.4. The molecule has 0 fully saturated rings. The van der Waals surface area contributed by atoms with Crippen LogP contribution in [0.4, 0.5) is 4.39 Å². The first-order valence-electron chi connectivity index (χ1n) is 10.7. The molecule has 0 spiro atoms. The molecule has 4 aromatic rings. The maximum Gasteiger partial charge on any atom is 0.271 e. The first kappa shape index (κ1) is 22.1. The first-order valence-corrected chi connectivity index (χ1v) is 11.5. The summed E-state index contributed by atoms with van der Waals surface area (Å²) in [5, 5.41) is 7.09. The normalized spacial score (nSPS) is 11.4. The molecule has 2 heterocycles. The predicted molar refractivity (Wildman–Crippen MR) is 125 cm³/mol. The number of thiazole rings is 1. The topological polar surface area (TPSA) is 82.7 Å². The zero-order chi connectivity index (χ0) is 22.5. The lowest BCUT2D eigenvalue weighted by Crippen LogP contribution is -2.25. The minimum atomic E-state index is -0.327. The van der Waals surface area contributed by atoms with E-state index in [2.05, 4.69) is 25.6 Å². The third kappa shape index (κ3) is 5.20. The van der Waals surface area contributed by atoms with Crippen molar-refractivity contribution in [3.05, 3.63) is 81.3 Å². The molecular weight excluding hydrogens is 425 g/mol. The van der Waals surface area contributed by atoms with Crippen LogP contribution in [0.2, 0.25) is 0 Å². The van der Waals surface area contributed by atoms with Gasteiger partial charge in [0, 0.05) is 30.0 Å². The summed E-state index contributed by atoms with van der Waals surface area (Å²) in [7, 11) is 0. The monoisotopic (exact) mass is 451 g/mol. The van der Waals surface area contributed by atoms with Crippen LogP contribution < -0.4 is 10.6 Å². The van der Waals surface area contributed by atoms with Crippen molar-refractivity contribution in [1.29, 1.82) is 0 Å². The number of H-pyrrole nitrogens is 1. The number of carbonyl (C=O) groups excluding carboxylic acids is 1. The van der Waals surface area contributed by atoms with Gasteiger partial charge in [0.05, 0.1) is 22.6 Å². The van der Waals surface area contributed by atoms with Gasteiger partial charge in [0.1, 0.15) is 17.3 Å². The van der Waals surface area contributed by atoms with E-state index >= 15 is 0 Å². The summed E-state index contributed by atoms with van der Waals surface area (Å²) in [4.78, 5) is 26.2. The van der Waals surface area contributed by atoms with Crippen LogP contribution in [0.1, 0.15) is 51.5 Å². The molecule has 0 saturated carbocycles. The molecule has 0 unspecified atom stereocenters. The van der Waals surface area contributed by atoms with E-state index in [9.17, 15) is 9.18 Å². The number of halogens is 1. The fraction of sp³-hybridized carbons (Fsp3) is 0.292. The maximum atomic E-state index is 13.8. The molecule has 0 bridgehead atoms. The quantitative estimate of drug-likeness (QED) is 0.326. The number of aromatic nitrogens is 3. The summed E-state index contributed by atoms with van der Waals surface area (Å²) < 4.78 is 13.8. The second-order valence-corrected chi connectivity index (χ2v) is 8.99. The fourth-order valence-corrected chi connectivity index (χ4v) is 4.50. The molecule has 32 heavy (non-hydrogen) atoms. The van der Waals surface area contributed by atoms with Gasteiger partial charge in [-0.05, 0) is 24.1 Å².